The molecule has 0 saturated heterocycles. The van der Waals surface area contributed by atoms with Gasteiger partial charge in [-0.2, -0.15) is 0 Å². The fourth-order valence-electron chi connectivity index (χ4n) is 1.74. The third kappa shape index (κ3) is 3.50. The molecule has 0 spiro atoms. The lowest BCUT2D eigenvalue weighted by molar-refractivity contribution is 0.355. The Morgan fingerprint density at radius 3 is 2.75 bits per heavy atom. The van der Waals surface area contributed by atoms with E-state index < -0.39 is 7.42 Å². The van der Waals surface area contributed by atoms with E-state index in [2.05, 4.69) is 19.1 Å². The summed E-state index contributed by atoms with van der Waals surface area (Å²) in [4.78, 5) is 0. The second-order valence-corrected chi connectivity index (χ2v) is 7.97. The minimum atomic E-state index is -1.06. The third-order valence-corrected chi connectivity index (χ3v) is 4.47. The van der Waals surface area contributed by atoms with Crippen LogP contribution in [0.25, 0.3) is 0 Å². The number of rotatable bonds is 3. The fourth-order valence-corrected chi connectivity index (χ4v) is 4.02. The van der Waals surface area contributed by atoms with Gasteiger partial charge in [0.1, 0.15) is 0 Å². The number of allylic oxidation sites excluding steroid dienone is 2. The monoisotopic (exact) mass is 221 g/mol. The van der Waals surface area contributed by atoms with Gasteiger partial charge in [0.05, 0.1) is 0 Å². The Labute approximate surface area is 86.0 Å². The van der Waals surface area contributed by atoms with E-state index in [-0.39, 0.29) is 0 Å². The second-order valence-electron chi connectivity index (χ2n) is 3.56. The Hall–Kier alpha value is 0.537. The van der Waals surface area contributed by atoms with Crippen LogP contribution in [0.5, 0.6) is 0 Å². The molecule has 0 fully saturated rings. The van der Waals surface area contributed by atoms with Gasteiger partial charge in [-0.25, -0.2) is 0 Å². The van der Waals surface area contributed by atoms with Gasteiger partial charge < -0.3 is 0 Å². The highest BCUT2D eigenvalue weighted by Gasteiger charge is 2.20. The van der Waals surface area contributed by atoms with Crippen molar-refractivity contribution in [3.63, 3.8) is 0 Å². The van der Waals surface area contributed by atoms with Crippen LogP contribution in [0, 0.1) is 11.8 Å². The summed E-state index contributed by atoms with van der Waals surface area (Å²) in [5.41, 5.74) is 0. The smallest absolute Gasteiger partial charge is 0.147 e. The van der Waals surface area contributed by atoms with Crippen molar-refractivity contribution >= 4 is 29.6 Å². The number of hydrogen-bond acceptors (Lipinski definition) is 0. The first kappa shape index (κ1) is 10.6. The summed E-state index contributed by atoms with van der Waals surface area (Å²) in [5, 5.41) is 0. The van der Waals surface area contributed by atoms with E-state index in [0.29, 0.717) is 5.92 Å². The average Bonchev–Trinajstić information content (AvgIpc) is 2.05. The molecule has 2 unspecified atom stereocenters. The molecule has 69 valence electrons. The van der Waals surface area contributed by atoms with Crippen molar-refractivity contribution in [1.82, 2.24) is 0 Å². The molecule has 0 nitrogen and oxygen atoms in total. The first-order chi connectivity index (χ1) is 5.70. The third-order valence-electron chi connectivity index (χ3n) is 2.59. The molecular formula is C9H15Cl2Si. The summed E-state index contributed by atoms with van der Waals surface area (Å²) in [5.74, 6) is 1.53. The first-order valence-electron chi connectivity index (χ1n) is 4.52. The Kier molecular flexibility index (Phi) is 4.69. The van der Waals surface area contributed by atoms with E-state index in [0.717, 1.165) is 12.0 Å². The molecule has 0 aliphatic heterocycles. The molecule has 12 heavy (non-hydrogen) atoms. The van der Waals surface area contributed by atoms with Crippen molar-refractivity contribution in [3.05, 3.63) is 12.2 Å². The molecule has 0 saturated carbocycles. The zero-order chi connectivity index (χ0) is 8.97. The van der Waals surface area contributed by atoms with Crippen LogP contribution in [0.15, 0.2) is 12.2 Å². The fraction of sp³-hybridized carbons (Fsp3) is 0.778. The first-order valence-corrected chi connectivity index (χ1v) is 8.25. The summed E-state index contributed by atoms with van der Waals surface area (Å²) in [6.45, 7) is 2.28. The van der Waals surface area contributed by atoms with Gasteiger partial charge in [-0.3, -0.25) is 0 Å². The van der Waals surface area contributed by atoms with Crippen LogP contribution >= 0.6 is 22.2 Å². The van der Waals surface area contributed by atoms with Crippen molar-refractivity contribution < 1.29 is 0 Å². The minimum absolute atomic E-state index is 0.707. The largest absolute Gasteiger partial charge is 0.274 e. The van der Waals surface area contributed by atoms with Gasteiger partial charge in [0.25, 0.3) is 7.42 Å². The van der Waals surface area contributed by atoms with E-state index in [9.17, 15) is 0 Å². The van der Waals surface area contributed by atoms with Gasteiger partial charge in [0.2, 0.25) is 0 Å². The Bertz CT molecular complexity index is 157. The minimum Gasteiger partial charge on any atom is -0.147 e. The van der Waals surface area contributed by atoms with E-state index in [4.69, 9.17) is 22.2 Å². The van der Waals surface area contributed by atoms with Gasteiger partial charge in [-0.1, -0.05) is 19.1 Å². The lowest BCUT2D eigenvalue weighted by Gasteiger charge is -2.24. The summed E-state index contributed by atoms with van der Waals surface area (Å²) in [7, 11) is -1.06. The molecule has 2 atom stereocenters. The SMILES string of the molecule is CC(C[Si](Cl)Cl)C1CC=CCC1. The van der Waals surface area contributed by atoms with E-state index in [1.165, 1.54) is 19.3 Å². The highest BCUT2D eigenvalue weighted by atomic mass is 35.7. The molecule has 0 amide bonds. The standard InChI is InChI=1S/C9H15Cl2Si/c1-8(7-12(10)11)9-5-3-2-4-6-9/h2-3,8-9H,4-7H2,1H3. The Morgan fingerprint density at radius 2 is 2.25 bits per heavy atom. The average molecular weight is 222 g/mol. The van der Waals surface area contributed by atoms with Gasteiger partial charge in [0.15, 0.2) is 0 Å². The van der Waals surface area contributed by atoms with Gasteiger partial charge in [-0.15, -0.1) is 22.2 Å². The van der Waals surface area contributed by atoms with Crippen LogP contribution in [0.4, 0.5) is 0 Å². The quantitative estimate of drug-likeness (QED) is 0.385. The lowest BCUT2D eigenvalue weighted by Crippen LogP contribution is -2.15. The molecular weight excluding hydrogens is 207 g/mol. The summed E-state index contributed by atoms with van der Waals surface area (Å²) in [6.07, 6.45) is 8.35. The van der Waals surface area contributed by atoms with Gasteiger partial charge >= 0.3 is 0 Å². The second kappa shape index (κ2) is 5.31. The van der Waals surface area contributed by atoms with E-state index in [1.807, 2.05) is 0 Å². The zero-order valence-electron chi connectivity index (χ0n) is 7.39. The van der Waals surface area contributed by atoms with Crippen LogP contribution in [0.3, 0.4) is 0 Å². The summed E-state index contributed by atoms with van der Waals surface area (Å²) < 4.78 is 0. The highest BCUT2D eigenvalue weighted by Crippen LogP contribution is 2.30. The maximum absolute atomic E-state index is 5.84. The van der Waals surface area contributed by atoms with Gasteiger partial charge in [0, 0.05) is 0 Å². The Morgan fingerprint density at radius 1 is 1.50 bits per heavy atom. The van der Waals surface area contributed by atoms with Crippen molar-refractivity contribution in [2.24, 2.45) is 11.8 Å². The van der Waals surface area contributed by atoms with Crippen LogP contribution in [0.2, 0.25) is 6.04 Å². The van der Waals surface area contributed by atoms with Crippen molar-refractivity contribution in [3.8, 4) is 0 Å². The van der Waals surface area contributed by atoms with Crippen LogP contribution in [-0.2, 0) is 0 Å². The van der Waals surface area contributed by atoms with E-state index in [1.54, 1.807) is 0 Å². The summed E-state index contributed by atoms with van der Waals surface area (Å²) >= 11 is 11.7. The van der Waals surface area contributed by atoms with Crippen molar-refractivity contribution in [1.29, 1.82) is 0 Å². The molecule has 0 heterocycles. The molecule has 1 aliphatic carbocycles. The summed E-state index contributed by atoms with van der Waals surface area (Å²) in [6, 6.07) is 1.03. The van der Waals surface area contributed by atoms with Crippen molar-refractivity contribution in [2.45, 2.75) is 32.2 Å². The van der Waals surface area contributed by atoms with E-state index >= 15 is 0 Å². The molecule has 0 aromatic heterocycles. The molecule has 3 heteroatoms. The molecule has 0 N–H and O–H groups in total. The number of hydrogen-bond donors (Lipinski definition) is 0. The number of halogens is 2. The van der Waals surface area contributed by atoms with Crippen LogP contribution in [-0.4, -0.2) is 7.42 Å². The zero-order valence-corrected chi connectivity index (χ0v) is 9.91. The Balaban J connectivity index is 2.31. The highest BCUT2D eigenvalue weighted by molar-refractivity contribution is 7.33. The normalized spacial score (nSPS) is 26.2. The van der Waals surface area contributed by atoms with Gasteiger partial charge in [-0.05, 0) is 37.1 Å². The van der Waals surface area contributed by atoms with Crippen LogP contribution in [0.1, 0.15) is 26.2 Å². The molecule has 1 radical (unpaired) electrons. The molecule has 1 rings (SSSR count). The predicted molar refractivity (Wildman–Crippen MR) is 57.9 cm³/mol. The maximum Gasteiger partial charge on any atom is 0.274 e. The van der Waals surface area contributed by atoms with Crippen LogP contribution < -0.4 is 0 Å². The predicted octanol–water partition coefficient (Wildman–Crippen LogP) is 3.94. The molecule has 0 aromatic carbocycles. The molecule has 1 aliphatic rings. The van der Waals surface area contributed by atoms with Crippen molar-refractivity contribution in [2.75, 3.05) is 0 Å². The molecule has 0 aromatic rings. The topological polar surface area (TPSA) is 0 Å². The lowest BCUT2D eigenvalue weighted by atomic mass is 9.85. The maximum atomic E-state index is 5.84. The molecule has 0 bridgehead atoms.